The van der Waals surface area contributed by atoms with E-state index in [9.17, 15) is 9.59 Å². The van der Waals surface area contributed by atoms with E-state index in [0.29, 0.717) is 54.7 Å². The van der Waals surface area contributed by atoms with Crippen molar-refractivity contribution in [2.75, 3.05) is 36.0 Å². The van der Waals surface area contributed by atoms with E-state index >= 15 is 0 Å². The minimum absolute atomic E-state index is 0.0602. The minimum Gasteiger partial charge on any atom is -0.353 e. The van der Waals surface area contributed by atoms with Gasteiger partial charge in [0.15, 0.2) is 0 Å². The predicted octanol–water partition coefficient (Wildman–Crippen LogP) is 7.50. The van der Waals surface area contributed by atoms with Crippen LogP contribution in [0.25, 0.3) is 21.9 Å². The number of para-hydroxylation sites is 1. The second-order valence-corrected chi connectivity index (χ2v) is 11.8. The molecule has 3 heterocycles. The molecular weight excluding hydrogens is 570 g/mol. The van der Waals surface area contributed by atoms with Crippen molar-refractivity contribution in [3.05, 3.63) is 118 Å². The number of benzene rings is 4. The molecule has 2 aliphatic heterocycles. The van der Waals surface area contributed by atoms with Crippen molar-refractivity contribution in [1.29, 1.82) is 0 Å². The molecule has 0 radical (unpaired) electrons. The fraction of sp³-hybridized carbons (Fsp3) is 0.194. The van der Waals surface area contributed by atoms with Gasteiger partial charge in [-0.05, 0) is 65.8 Å². The lowest BCUT2D eigenvalue weighted by molar-refractivity contribution is 0.0746. The number of halogens is 1. The average molecular weight is 602 g/mol. The molecule has 2 aliphatic rings. The van der Waals surface area contributed by atoms with Crippen LogP contribution in [0.2, 0.25) is 5.02 Å². The minimum atomic E-state index is -0.273. The topological polar surface area (TPSA) is 68.8 Å². The van der Waals surface area contributed by atoms with E-state index in [1.54, 1.807) is 11.0 Å². The van der Waals surface area contributed by atoms with E-state index in [4.69, 9.17) is 11.6 Å². The molecule has 5 aromatic rings. The molecule has 44 heavy (non-hydrogen) atoms. The lowest BCUT2D eigenvalue weighted by Crippen LogP contribution is -2.49. The van der Waals surface area contributed by atoms with Crippen LogP contribution in [0.3, 0.4) is 0 Å². The van der Waals surface area contributed by atoms with Crippen molar-refractivity contribution < 1.29 is 9.59 Å². The van der Waals surface area contributed by atoms with Crippen LogP contribution in [-0.2, 0) is 6.54 Å². The Kier molecular flexibility index (Phi) is 7.18. The zero-order chi connectivity index (χ0) is 30.4. The summed E-state index contributed by atoms with van der Waals surface area (Å²) in [6, 6.07) is 27.6. The summed E-state index contributed by atoms with van der Waals surface area (Å²) < 4.78 is 0. The third-order valence-electron chi connectivity index (χ3n) is 8.70. The second-order valence-electron chi connectivity index (χ2n) is 11.4. The Morgan fingerprint density at radius 2 is 1.59 bits per heavy atom. The number of hydrogen-bond acceptors (Lipinski definition) is 4. The molecule has 0 bridgehead atoms. The Hall–Kier alpha value is -4.88. The molecule has 0 saturated carbocycles. The van der Waals surface area contributed by atoms with E-state index in [1.807, 2.05) is 72.6 Å². The molecule has 220 valence electrons. The molecule has 1 aromatic heterocycles. The Morgan fingerprint density at radius 3 is 2.39 bits per heavy atom. The number of anilines is 3. The molecule has 0 unspecified atom stereocenters. The van der Waals surface area contributed by atoms with Gasteiger partial charge in [-0.1, -0.05) is 72.3 Å². The summed E-state index contributed by atoms with van der Waals surface area (Å²) in [6.45, 7) is 6.83. The van der Waals surface area contributed by atoms with Gasteiger partial charge in [0.1, 0.15) is 5.82 Å². The Labute approximate surface area is 261 Å². The van der Waals surface area contributed by atoms with Gasteiger partial charge in [0.2, 0.25) is 0 Å². The van der Waals surface area contributed by atoms with Crippen molar-refractivity contribution in [3.63, 3.8) is 0 Å². The van der Waals surface area contributed by atoms with Crippen molar-refractivity contribution in [1.82, 2.24) is 15.2 Å². The van der Waals surface area contributed by atoms with Gasteiger partial charge >= 0.3 is 6.03 Å². The first-order chi connectivity index (χ1) is 21.4. The van der Waals surface area contributed by atoms with E-state index in [0.717, 1.165) is 44.4 Å². The fourth-order valence-corrected chi connectivity index (χ4v) is 6.73. The molecule has 1 fully saturated rings. The number of nitrogens with zero attached hydrogens (tertiary/aromatic N) is 4. The standard InChI is InChI=1S/C36H32ClN5O2/c1-23-8-3-5-11-27(23)29-20-26(21-32-30(29)22-39-36(44)42(32)33-24(2)9-7-13-31(33)37)35(43)41-18-16-40(17-19-41)34-28-12-6-4-10-25(28)14-15-38-34/h3-15,20-21H,16-19,22H2,1-2H3,(H,39,44). The molecule has 8 heteroatoms. The van der Waals surface area contributed by atoms with Crippen molar-refractivity contribution in [3.8, 4) is 11.1 Å². The Bertz CT molecular complexity index is 1910. The van der Waals surface area contributed by atoms with Gasteiger partial charge in [-0.2, -0.15) is 0 Å². The lowest BCUT2D eigenvalue weighted by atomic mass is 9.91. The van der Waals surface area contributed by atoms with Crippen molar-refractivity contribution >= 4 is 51.5 Å². The van der Waals surface area contributed by atoms with Crippen LogP contribution in [0.1, 0.15) is 27.0 Å². The molecule has 0 spiro atoms. The number of hydrogen-bond donors (Lipinski definition) is 1. The van der Waals surface area contributed by atoms with Gasteiger partial charge in [-0.25, -0.2) is 9.78 Å². The largest absolute Gasteiger partial charge is 0.353 e. The Balaban J connectivity index is 1.27. The monoisotopic (exact) mass is 601 g/mol. The highest BCUT2D eigenvalue weighted by molar-refractivity contribution is 6.34. The highest BCUT2D eigenvalue weighted by atomic mass is 35.5. The van der Waals surface area contributed by atoms with Crippen LogP contribution in [0.5, 0.6) is 0 Å². The van der Waals surface area contributed by atoms with Crippen LogP contribution >= 0.6 is 11.6 Å². The van der Waals surface area contributed by atoms with Gasteiger partial charge in [0, 0.05) is 55.4 Å². The number of nitrogens with one attached hydrogen (secondary N) is 1. The lowest BCUT2D eigenvalue weighted by Gasteiger charge is -2.37. The SMILES string of the molecule is Cc1ccccc1-c1cc(C(=O)N2CCN(c3nccc4ccccc34)CC2)cc2c1CNC(=O)N2c1c(C)cccc1Cl. The maximum absolute atomic E-state index is 14.2. The summed E-state index contributed by atoms with van der Waals surface area (Å²) in [4.78, 5) is 38.2. The van der Waals surface area contributed by atoms with E-state index in [2.05, 4.69) is 46.4 Å². The van der Waals surface area contributed by atoms with Crippen LogP contribution in [-0.4, -0.2) is 48.0 Å². The third-order valence-corrected chi connectivity index (χ3v) is 9.01. The number of urea groups is 1. The predicted molar refractivity (Wildman–Crippen MR) is 177 cm³/mol. The van der Waals surface area contributed by atoms with Crippen LogP contribution in [0.4, 0.5) is 22.0 Å². The Morgan fingerprint density at radius 1 is 0.841 bits per heavy atom. The van der Waals surface area contributed by atoms with Crippen LogP contribution < -0.4 is 15.1 Å². The van der Waals surface area contributed by atoms with E-state index < -0.39 is 0 Å². The third kappa shape index (κ3) is 4.83. The number of aromatic nitrogens is 1. The normalized spacial score (nSPS) is 14.9. The highest BCUT2D eigenvalue weighted by Gasteiger charge is 2.33. The summed E-state index contributed by atoms with van der Waals surface area (Å²) >= 11 is 6.69. The summed E-state index contributed by atoms with van der Waals surface area (Å²) in [6.07, 6.45) is 1.85. The molecule has 7 nitrogen and oxygen atoms in total. The summed E-state index contributed by atoms with van der Waals surface area (Å²) in [7, 11) is 0. The number of carbonyl (C=O) groups excluding carboxylic acids is 2. The number of amides is 3. The summed E-state index contributed by atoms with van der Waals surface area (Å²) in [5, 5.41) is 5.77. The zero-order valence-electron chi connectivity index (χ0n) is 24.7. The first-order valence-electron chi connectivity index (χ1n) is 14.8. The molecule has 4 aromatic carbocycles. The smallest absolute Gasteiger partial charge is 0.326 e. The summed E-state index contributed by atoms with van der Waals surface area (Å²) in [5.74, 6) is 0.887. The van der Waals surface area contributed by atoms with E-state index in [1.165, 1.54) is 0 Å². The maximum atomic E-state index is 14.2. The van der Waals surface area contributed by atoms with Gasteiger partial charge in [-0.3, -0.25) is 9.69 Å². The molecule has 0 atom stereocenters. The molecule has 0 aliphatic carbocycles. The van der Waals surface area contributed by atoms with E-state index in [-0.39, 0.29) is 11.9 Å². The average Bonchev–Trinajstić information content (AvgIpc) is 3.05. The number of pyridine rings is 1. The maximum Gasteiger partial charge on any atom is 0.326 e. The van der Waals surface area contributed by atoms with Gasteiger partial charge < -0.3 is 15.1 Å². The number of carbonyl (C=O) groups is 2. The first-order valence-corrected chi connectivity index (χ1v) is 15.2. The van der Waals surface area contributed by atoms with Crippen LogP contribution in [0.15, 0.2) is 91.1 Å². The number of fused-ring (bicyclic) bond motifs is 2. The molecule has 1 N–H and O–H groups in total. The van der Waals surface area contributed by atoms with Gasteiger partial charge in [0.05, 0.1) is 16.4 Å². The van der Waals surface area contributed by atoms with Gasteiger partial charge in [0.25, 0.3) is 5.91 Å². The molecule has 3 amide bonds. The van der Waals surface area contributed by atoms with Gasteiger partial charge in [-0.15, -0.1) is 0 Å². The van der Waals surface area contributed by atoms with Crippen LogP contribution in [0, 0.1) is 13.8 Å². The quantitative estimate of drug-likeness (QED) is 0.232. The van der Waals surface area contributed by atoms with Crippen molar-refractivity contribution in [2.45, 2.75) is 20.4 Å². The van der Waals surface area contributed by atoms with Crippen molar-refractivity contribution in [2.24, 2.45) is 0 Å². The zero-order valence-corrected chi connectivity index (χ0v) is 25.4. The molecular formula is C36H32ClN5O2. The first kappa shape index (κ1) is 27.9. The number of rotatable bonds is 4. The molecule has 7 rings (SSSR count). The second kappa shape index (κ2) is 11.3. The molecule has 1 saturated heterocycles. The number of aryl methyl sites for hydroxylation is 2. The highest BCUT2D eigenvalue weighted by Crippen LogP contribution is 2.43. The summed E-state index contributed by atoms with van der Waals surface area (Å²) in [5.41, 5.74) is 6.69. The number of piperazine rings is 1. The fourth-order valence-electron chi connectivity index (χ4n) is 6.42.